The van der Waals surface area contributed by atoms with Crippen molar-refractivity contribution in [1.29, 1.82) is 0 Å². The van der Waals surface area contributed by atoms with Gasteiger partial charge in [-0.2, -0.15) is 5.10 Å². The Morgan fingerprint density at radius 3 is 2.40 bits per heavy atom. The third-order valence-corrected chi connectivity index (χ3v) is 2.38. The standard InChI is InChI=1S/C10H11N5O5/c1-4(12-15-11)8(16)6-5(9(17)19-2)7(14-13-6)10(18)20-3/h4H,1-3H3,(H,13,14). The highest BCUT2D eigenvalue weighted by Gasteiger charge is 2.31. The minimum absolute atomic E-state index is 0.309. The number of ether oxygens (including phenoxy) is 2. The topological polar surface area (TPSA) is 147 Å². The molecule has 0 aliphatic carbocycles. The number of rotatable bonds is 5. The number of aromatic amines is 1. The molecule has 1 aromatic rings. The van der Waals surface area contributed by atoms with Gasteiger partial charge >= 0.3 is 11.9 Å². The Kier molecular flexibility index (Phi) is 4.82. The van der Waals surface area contributed by atoms with Crippen LogP contribution in [0.15, 0.2) is 5.11 Å². The van der Waals surface area contributed by atoms with E-state index in [4.69, 9.17) is 5.53 Å². The van der Waals surface area contributed by atoms with Crippen molar-refractivity contribution in [1.82, 2.24) is 10.2 Å². The number of methoxy groups -OCH3 is 2. The summed E-state index contributed by atoms with van der Waals surface area (Å²) in [5.41, 5.74) is 7.28. The lowest BCUT2D eigenvalue weighted by atomic mass is 10.1. The van der Waals surface area contributed by atoms with Gasteiger partial charge in [-0.1, -0.05) is 5.11 Å². The molecule has 10 nitrogen and oxygen atoms in total. The van der Waals surface area contributed by atoms with E-state index in [0.29, 0.717) is 0 Å². The number of azide groups is 1. The first-order valence-electron chi connectivity index (χ1n) is 5.31. The van der Waals surface area contributed by atoms with Gasteiger partial charge in [0.25, 0.3) is 0 Å². The zero-order chi connectivity index (χ0) is 15.3. The zero-order valence-corrected chi connectivity index (χ0v) is 10.9. The molecule has 10 heteroatoms. The minimum atomic E-state index is -1.09. The van der Waals surface area contributed by atoms with Crippen molar-refractivity contribution >= 4 is 17.7 Å². The quantitative estimate of drug-likeness (QED) is 0.278. The Balaban J connectivity index is 3.37. The lowest BCUT2D eigenvalue weighted by Crippen LogP contribution is -2.19. The van der Waals surface area contributed by atoms with Crippen LogP contribution in [0.1, 0.15) is 38.3 Å². The van der Waals surface area contributed by atoms with Crippen molar-refractivity contribution < 1.29 is 23.9 Å². The summed E-state index contributed by atoms with van der Waals surface area (Å²) in [5, 5.41) is 9.05. The fourth-order valence-corrected chi connectivity index (χ4v) is 1.40. The Hall–Kier alpha value is -2.87. The lowest BCUT2D eigenvalue weighted by molar-refractivity contribution is 0.0550. The van der Waals surface area contributed by atoms with Crippen molar-refractivity contribution in [3.8, 4) is 0 Å². The largest absolute Gasteiger partial charge is 0.465 e. The normalized spacial score (nSPS) is 11.2. The molecule has 0 bridgehead atoms. The summed E-state index contributed by atoms with van der Waals surface area (Å²) in [5.74, 6) is -2.54. The molecule has 0 saturated carbocycles. The maximum Gasteiger partial charge on any atom is 0.357 e. The van der Waals surface area contributed by atoms with E-state index in [2.05, 4.69) is 29.7 Å². The van der Waals surface area contributed by atoms with Gasteiger partial charge in [0.05, 0.1) is 20.3 Å². The summed E-state index contributed by atoms with van der Waals surface area (Å²) < 4.78 is 8.96. The first kappa shape index (κ1) is 15.2. The molecule has 0 amide bonds. The number of carbonyl (C=O) groups excluding carboxylic acids is 3. The molecule has 0 fully saturated rings. The van der Waals surface area contributed by atoms with Gasteiger partial charge in [-0.15, -0.1) is 0 Å². The van der Waals surface area contributed by atoms with Crippen LogP contribution in [0.3, 0.4) is 0 Å². The van der Waals surface area contributed by atoms with Crippen molar-refractivity contribution in [2.75, 3.05) is 14.2 Å². The smallest absolute Gasteiger partial charge is 0.357 e. The predicted octanol–water partition coefficient (Wildman–Crippen LogP) is 0.864. The van der Waals surface area contributed by atoms with Gasteiger partial charge in [0.2, 0.25) is 0 Å². The number of hydrogen-bond acceptors (Lipinski definition) is 7. The number of nitrogens with zero attached hydrogens (tertiary/aromatic N) is 4. The molecule has 1 heterocycles. The van der Waals surface area contributed by atoms with E-state index in [-0.39, 0.29) is 17.0 Å². The third-order valence-electron chi connectivity index (χ3n) is 2.38. The molecule has 1 rings (SSSR count). The highest BCUT2D eigenvalue weighted by molar-refractivity contribution is 6.11. The van der Waals surface area contributed by atoms with Crippen LogP contribution in [0.2, 0.25) is 0 Å². The Bertz CT molecular complexity index is 601. The summed E-state index contributed by atoms with van der Waals surface area (Å²) in [6.07, 6.45) is 0. The van der Waals surface area contributed by atoms with Crippen molar-refractivity contribution in [2.45, 2.75) is 13.0 Å². The van der Waals surface area contributed by atoms with Crippen LogP contribution >= 0.6 is 0 Å². The van der Waals surface area contributed by atoms with Gasteiger partial charge in [0.15, 0.2) is 11.5 Å². The molecule has 1 unspecified atom stereocenters. The molecular weight excluding hydrogens is 270 g/mol. The molecule has 1 atom stereocenters. The molecule has 0 radical (unpaired) electrons. The molecule has 0 spiro atoms. The van der Waals surface area contributed by atoms with Crippen LogP contribution < -0.4 is 0 Å². The molecule has 20 heavy (non-hydrogen) atoms. The summed E-state index contributed by atoms with van der Waals surface area (Å²) in [4.78, 5) is 37.7. The highest BCUT2D eigenvalue weighted by Crippen LogP contribution is 2.16. The van der Waals surface area contributed by atoms with Crippen LogP contribution in [0.5, 0.6) is 0 Å². The van der Waals surface area contributed by atoms with Gasteiger partial charge in [0, 0.05) is 4.91 Å². The van der Waals surface area contributed by atoms with Crippen LogP contribution in [-0.2, 0) is 9.47 Å². The second-order valence-corrected chi connectivity index (χ2v) is 3.55. The number of ketones is 1. The molecule has 0 aromatic carbocycles. The molecule has 106 valence electrons. The molecular formula is C10H11N5O5. The van der Waals surface area contributed by atoms with Crippen LogP contribution in [0.4, 0.5) is 0 Å². The number of hydrogen-bond donors (Lipinski definition) is 1. The van der Waals surface area contributed by atoms with E-state index in [1.54, 1.807) is 0 Å². The lowest BCUT2D eigenvalue weighted by Gasteiger charge is -2.04. The second-order valence-electron chi connectivity index (χ2n) is 3.55. The summed E-state index contributed by atoms with van der Waals surface area (Å²) >= 11 is 0. The van der Waals surface area contributed by atoms with Gasteiger partial charge in [-0.25, -0.2) is 9.59 Å². The predicted molar refractivity (Wildman–Crippen MR) is 64.2 cm³/mol. The highest BCUT2D eigenvalue weighted by atomic mass is 16.5. The van der Waals surface area contributed by atoms with Crippen LogP contribution in [0, 0.1) is 0 Å². The molecule has 0 aliphatic rings. The molecule has 0 aliphatic heterocycles. The minimum Gasteiger partial charge on any atom is -0.465 e. The third kappa shape index (κ3) is 2.75. The second kappa shape index (κ2) is 6.34. The van der Waals surface area contributed by atoms with E-state index in [0.717, 1.165) is 14.2 Å². The average Bonchev–Trinajstić information content (AvgIpc) is 2.89. The molecule has 1 N–H and O–H groups in total. The number of Topliss-reactive ketones (excluding diaryl/α,β-unsaturated/α-hetero) is 1. The SMILES string of the molecule is COC(=O)c1[nH]nc(C(=O)C(C)N=[N+]=[N-])c1C(=O)OC. The van der Waals surface area contributed by atoms with E-state index in [1.165, 1.54) is 6.92 Å². The van der Waals surface area contributed by atoms with Gasteiger partial charge in [0.1, 0.15) is 11.3 Å². The van der Waals surface area contributed by atoms with Crippen molar-refractivity contribution in [3.05, 3.63) is 27.4 Å². The van der Waals surface area contributed by atoms with Gasteiger partial charge < -0.3 is 9.47 Å². The van der Waals surface area contributed by atoms with Crippen LogP contribution in [-0.4, -0.2) is 48.2 Å². The number of H-pyrrole nitrogens is 1. The Morgan fingerprint density at radius 1 is 1.30 bits per heavy atom. The van der Waals surface area contributed by atoms with Gasteiger partial charge in [-0.05, 0) is 12.5 Å². The Morgan fingerprint density at radius 2 is 1.90 bits per heavy atom. The fraction of sp³-hybridized carbons (Fsp3) is 0.400. The molecule has 0 saturated heterocycles. The molecule has 1 aromatic heterocycles. The number of aromatic nitrogens is 2. The maximum atomic E-state index is 12.0. The summed E-state index contributed by atoms with van der Waals surface area (Å²) in [6.45, 7) is 1.33. The van der Waals surface area contributed by atoms with E-state index in [9.17, 15) is 14.4 Å². The maximum absolute atomic E-state index is 12.0. The van der Waals surface area contributed by atoms with Crippen molar-refractivity contribution in [3.63, 3.8) is 0 Å². The van der Waals surface area contributed by atoms with Crippen molar-refractivity contribution in [2.24, 2.45) is 5.11 Å². The van der Waals surface area contributed by atoms with Crippen LogP contribution in [0.25, 0.3) is 10.4 Å². The van der Waals surface area contributed by atoms with E-state index < -0.39 is 23.8 Å². The van der Waals surface area contributed by atoms with E-state index >= 15 is 0 Å². The van der Waals surface area contributed by atoms with Gasteiger partial charge in [-0.3, -0.25) is 9.89 Å². The Labute approximate surface area is 112 Å². The number of carbonyl (C=O) groups is 3. The first-order chi connectivity index (χ1) is 9.47. The fourth-order valence-electron chi connectivity index (χ4n) is 1.40. The summed E-state index contributed by atoms with van der Waals surface area (Å²) in [6, 6.07) is -1.09. The number of nitrogens with one attached hydrogen (secondary N) is 1. The monoisotopic (exact) mass is 281 g/mol. The zero-order valence-electron chi connectivity index (χ0n) is 10.9. The summed E-state index contributed by atoms with van der Waals surface area (Å²) in [7, 11) is 2.19. The number of esters is 2. The first-order valence-corrected chi connectivity index (χ1v) is 5.31. The van der Waals surface area contributed by atoms with E-state index in [1.807, 2.05) is 0 Å². The average molecular weight is 281 g/mol.